The lowest BCUT2D eigenvalue weighted by atomic mass is 10.2. The van der Waals surface area contributed by atoms with Crippen LogP contribution in [0.2, 0.25) is 0 Å². The molecule has 22 heavy (non-hydrogen) atoms. The van der Waals surface area contributed by atoms with Crippen molar-refractivity contribution in [3.63, 3.8) is 0 Å². The second-order valence-electron chi connectivity index (χ2n) is 4.14. The maximum atomic E-state index is 12.1. The van der Waals surface area contributed by atoms with Crippen molar-refractivity contribution in [2.24, 2.45) is 0 Å². The number of carbonyl (C=O) groups is 1. The van der Waals surface area contributed by atoms with E-state index in [1.54, 1.807) is 0 Å². The van der Waals surface area contributed by atoms with Gasteiger partial charge in [-0.15, -0.1) is 0 Å². The normalized spacial score (nSPS) is 9.64. The molecule has 1 heterocycles. The predicted molar refractivity (Wildman–Crippen MR) is 76.6 cm³/mol. The minimum Gasteiger partial charge on any atom is -0.494 e. The van der Waals surface area contributed by atoms with Crippen molar-refractivity contribution in [2.45, 2.75) is 0 Å². The van der Waals surface area contributed by atoms with Crippen LogP contribution in [0.25, 0.3) is 0 Å². The van der Waals surface area contributed by atoms with Gasteiger partial charge in [0.15, 0.2) is 0 Å². The van der Waals surface area contributed by atoms with Crippen molar-refractivity contribution in [1.82, 2.24) is 4.98 Å². The van der Waals surface area contributed by atoms with Crippen molar-refractivity contribution < 1.29 is 14.5 Å². The van der Waals surface area contributed by atoms with Crippen LogP contribution in [0.15, 0.2) is 36.5 Å². The van der Waals surface area contributed by atoms with Crippen LogP contribution in [0.3, 0.4) is 0 Å². The Labute approximate surface area is 125 Å². The summed E-state index contributed by atoms with van der Waals surface area (Å²) in [6, 6.07) is 8.58. The van der Waals surface area contributed by atoms with E-state index in [-0.39, 0.29) is 22.7 Å². The van der Waals surface area contributed by atoms with Gasteiger partial charge < -0.3 is 10.1 Å². The van der Waals surface area contributed by atoms with E-state index in [4.69, 9.17) is 10.00 Å². The molecule has 0 unspecified atom stereocenters. The van der Waals surface area contributed by atoms with Crippen molar-refractivity contribution in [2.75, 3.05) is 12.4 Å². The molecule has 1 N–H and O–H groups in total. The average molecular weight is 298 g/mol. The number of hydrogen-bond donors (Lipinski definition) is 1. The molecular formula is C14H10N4O4. The lowest BCUT2D eigenvalue weighted by Crippen LogP contribution is -2.13. The first-order valence-electron chi connectivity index (χ1n) is 6.05. The maximum absolute atomic E-state index is 12.1. The minimum absolute atomic E-state index is 0.144. The van der Waals surface area contributed by atoms with E-state index in [2.05, 4.69) is 10.3 Å². The van der Waals surface area contributed by atoms with Gasteiger partial charge in [-0.2, -0.15) is 5.26 Å². The van der Waals surface area contributed by atoms with Crippen LogP contribution in [0, 0.1) is 21.4 Å². The molecule has 1 amide bonds. The zero-order valence-electron chi connectivity index (χ0n) is 11.4. The number of nitro benzene ring substituents is 1. The summed E-state index contributed by atoms with van der Waals surface area (Å²) in [6.45, 7) is 0. The quantitative estimate of drug-likeness (QED) is 0.682. The fraction of sp³-hybridized carbons (Fsp3) is 0.0714. The molecule has 1 aromatic heterocycles. The van der Waals surface area contributed by atoms with E-state index in [0.717, 1.165) is 0 Å². The number of methoxy groups -OCH3 is 1. The topological polar surface area (TPSA) is 118 Å². The lowest BCUT2D eigenvalue weighted by molar-refractivity contribution is -0.384. The van der Waals surface area contributed by atoms with Crippen LogP contribution in [-0.4, -0.2) is 22.9 Å². The predicted octanol–water partition coefficient (Wildman–Crippen LogP) is 2.12. The summed E-state index contributed by atoms with van der Waals surface area (Å²) in [5.74, 6) is -0.298. The molecule has 0 atom stereocenters. The number of nitriles is 1. The molecule has 0 aliphatic rings. The number of ether oxygens (including phenoxy) is 1. The van der Waals surface area contributed by atoms with Gasteiger partial charge in [0.2, 0.25) is 0 Å². The molecular weight excluding hydrogens is 288 g/mol. The number of anilines is 1. The fourth-order valence-corrected chi connectivity index (χ4v) is 1.69. The second kappa shape index (κ2) is 6.32. The molecule has 0 saturated carbocycles. The van der Waals surface area contributed by atoms with Crippen LogP contribution in [0.1, 0.15) is 16.1 Å². The van der Waals surface area contributed by atoms with Crippen LogP contribution >= 0.6 is 0 Å². The van der Waals surface area contributed by atoms with Crippen LogP contribution < -0.4 is 10.1 Å². The summed E-state index contributed by atoms with van der Waals surface area (Å²) in [5.41, 5.74) is 0.598. The molecule has 0 spiro atoms. The molecule has 0 aliphatic heterocycles. The number of nitrogens with one attached hydrogen (secondary N) is 1. The zero-order chi connectivity index (χ0) is 16.1. The first-order chi connectivity index (χ1) is 10.5. The van der Waals surface area contributed by atoms with Gasteiger partial charge in [0.1, 0.15) is 17.5 Å². The first-order valence-corrected chi connectivity index (χ1v) is 6.05. The van der Waals surface area contributed by atoms with Gasteiger partial charge in [-0.05, 0) is 18.2 Å². The SMILES string of the molecule is COc1cc([N+](=O)[O-])ccc1NC(=O)c1ccc(C#N)nc1. The molecule has 2 aromatic rings. The van der Waals surface area contributed by atoms with Crippen LogP contribution in [0.5, 0.6) is 5.75 Å². The molecule has 0 saturated heterocycles. The van der Waals surface area contributed by atoms with E-state index in [0.29, 0.717) is 5.69 Å². The molecule has 110 valence electrons. The third kappa shape index (κ3) is 3.16. The lowest BCUT2D eigenvalue weighted by Gasteiger charge is -2.09. The number of non-ortho nitro benzene ring substituents is 1. The fourth-order valence-electron chi connectivity index (χ4n) is 1.69. The Morgan fingerprint density at radius 3 is 2.73 bits per heavy atom. The number of nitrogens with zero attached hydrogens (tertiary/aromatic N) is 3. The molecule has 0 fully saturated rings. The number of carbonyl (C=O) groups excluding carboxylic acids is 1. The van der Waals surface area contributed by atoms with E-state index in [1.807, 2.05) is 6.07 Å². The Hall–Kier alpha value is -3.47. The summed E-state index contributed by atoms with van der Waals surface area (Å²) in [6.07, 6.45) is 1.27. The Kier molecular flexibility index (Phi) is 4.29. The van der Waals surface area contributed by atoms with Crippen molar-refractivity contribution in [3.05, 3.63) is 57.9 Å². The Bertz CT molecular complexity index is 765. The van der Waals surface area contributed by atoms with Gasteiger partial charge in [0, 0.05) is 12.3 Å². The van der Waals surface area contributed by atoms with Crippen molar-refractivity contribution in [1.29, 1.82) is 5.26 Å². The summed E-state index contributed by atoms with van der Waals surface area (Å²) in [7, 11) is 1.35. The number of rotatable bonds is 4. The number of amides is 1. The monoisotopic (exact) mass is 298 g/mol. The van der Waals surface area contributed by atoms with Gasteiger partial charge in [0.05, 0.1) is 29.4 Å². The van der Waals surface area contributed by atoms with E-state index >= 15 is 0 Å². The summed E-state index contributed by atoms with van der Waals surface area (Å²) in [5, 5.41) is 21.9. The maximum Gasteiger partial charge on any atom is 0.273 e. The Morgan fingerprint density at radius 2 is 2.18 bits per heavy atom. The smallest absolute Gasteiger partial charge is 0.273 e. The third-order valence-corrected chi connectivity index (χ3v) is 2.78. The van der Waals surface area contributed by atoms with Gasteiger partial charge in [-0.25, -0.2) is 4.98 Å². The minimum atomic E-state index is -0.557. The first kappa shape index (κ1) is 14.9. The van der Waals surface area contributed by atoms with E-state index in [1.165, 1.54) is 43.6 Å². The van der Waals surface area contributed by atoms with Crippen LogP contribution in [0.4, 0.5) is 11.4 Å². The highest BCUT2D eigenvalue weighted by atomic mass is 16.6. The molecule has 0 bridgehead atoms. The van der Waals surface area contributed by atoms with Gasteiger partial charge in [0.25, 0.3) is 11.6 Å². The van der Waals surface area contributed by atoms with Gasteiger partial charge >= 0.3 is 0 Å². The van der Waals surface area contributed by atoms with Gasteiger partial charge in [-0.3, -0.25) is 14.9 Å². The number of pyridine rings is 1. The molecule has 8 nitrogen and oxygen atoms in total. The molecule has 1 aromatic carbocycles. The Morgan fingerprint density at radius 1 is 1.41 bits per heavy atom. The average Bonchev–Trinajstić information content (AvgIpc) is 2.55. The molecule has 8 heteroatoms. The standard InChI is InChI=1S/C14H10N4O4/c1-22-13-6-11(18(20)21)4-5-12(13)17-14(19)9-2-3-10(7-15)16-8-9/h2-6,8H,1H3,(H,17,19). The van der Waals surface area contributed by atoms with Crippen molar-refractivity contribution >= 4 is 17.3 Å². The van der Waals surface area contributed by atoms with Gasteiger partial charge in [-0.1, -0.05) is 0 Å². The number of hydrogen-bond acceptors (Lipinski definition) is 6. The second-order valence-corrected chi connectivity index (χ2v) is 4.14. The number of aromatic nitrogens is 1. The molecule has 0 aliphatic carbocycles. The highest BCUT2D eigenvalue weighted by molar-refractivity contribution is 6.04. The third-order valence-electron chi connectivity index (χ3n) is 2.78. The highest BCUT2D eigenvalue weighted by Gasteiger charge is 2.14. The highest BCUT2D eigenvalue weighted by Crippen LogP contribution is 2.29. The summed E-state index contributed by atoms with van der Waals surface area (Å²) < 4.78 is 5.03. The summed E-state index contributed by atoms with van der Waals surface area (Å²) in [4.78, 5) is 26.0. The Balaban J connectivity index is 2.24. The largest absolute Gasteiger partial charge is 0.494 e. The number of benzene rings is 1. The number of nitro groups is 1. The molecule has 2 rings (SSSR count). The van der Waals surface area contributed by atoms with Crippen LogP contribution in [-0.2, 0) is 0 Å². The summed E-state index contributed by atoms with van der Waals surface area (Å²) >= 11 is 0. The van der Waals surface area contributed by atoms with E-state index in [9.17, 15) is 14.9 Å². The zero-order valence-corrected chi connectivity index (χ0v) is 11.4. The van der Waals surface area contributed by atoms with E-state index < -0.39 is 10.8 Å². The van der Waals surface area contributed by atoms with Crippen molar-refractivity contribution in [3.8, 4) is 11.8 Å². The molecule has 0 radical (unpaired) electrons.